The van der Waals surface area contributed by atoms with Crippen molar-refractivity contribution in [2.75, 3.05) is 4.72 Å². The third kappa shape index (κ3) is 3.10. The van der Waals surface area contributed by atoms with Crippen LogP contribution < -0.4 is 4.72 Å². The summed E-state index contributed by atoms with van der Waals surface area (Å²) in [7, 11) is -3.97. The molecule has 0 amide bonds. The maximum atomic E-state index is 13.1. The molecule has 0 atom stereocenters. The summed E-state index contributed by atoms with van der Waals surface area (Å²) in [5.41, 5.74) is -1.88. The van der Waals surface area contributed by atoms with E-state index in [1.165, 1.54) is 17.5 Å². The molecule has 0 bridgehead atoms. The van der Waals surface area contributed by atoms with Gasteiger partial charge in [-0.3, -0.25) is 4.72 Å². The monoisotopic (exact) mass is 325 g/mol. The van der Waals surface area contributed by atoms with Crippen LogP contribution in [0.2, 0.25) is 0 Å². The first-order valence-corrected chi connectivity index (χ1v) is 7.49. The summed E-state index contributed by atoms with van der Waals surface area (Å²) in [5, 5.41) is 1.51. The molecule has 0 aliphatic carbocycles. The van der Waals surface area contributed by atoms with Crippen LogP contribution in [0.15, 0.2) is 39.9 Å². The summed E-state index contributed by atoms with van der Waals surface area (Å²) < 4.78 is 76.2. The van der Waals surface area contributed by atoms with E-state index in [0.717, 1.165) is 17.4 Å². The van der Waals surface area contributed by atoms with Gasteiger partial charge in [-0.15, -0.1) is 11.3 Å². The number of alkyl halides is 3. The van der Waals surface area contributed by atoms with Crippen LogP contribution in [-0.2, 0) is 16.2 Å². The SMILES string of the molecule is O=S(=O)(Nc1ccc(F)c(C(F)(F)F)c1)c1cccs1. The minimum atomic E-state index is -4.89. The summed E-state index contributed by atoms with van der Waals surface area (Å²) in [6, 6.07) is 4.71. The van der Waals surface area contributed by atoms with E-state index in [1.807, 2.05) is 4.72 Å². The van der Waals surface area contributed by atoms with Crippen molar-refractivity contribution in [2.45, 2.75) is 10.4 Å². The van der Waals surface area contributed by atoms with Crippen molar-refractivity contribution in [1.29, 1.82) is 0 Å². The van der Waals surface area contributed by atoms with Crippen molar-refractivity contribution >= 4 is 27.0 Å². The third-order valence-electron chi connectivity index (χ3n) is 2.28. The van der Waals surface area contributed by atoms with Gasteiger partial charge >= 0.3 is 6.18 Å². The van der Waals surface area contributed by atoms with Gasteiger partial charge in [0.2, 0.25) is 0 Å². The smallest absolute Gasteiger partial charge is 0.279 e. The minimum Gasteiger partial charge on any atom is -0.279 e. The van der Waals surface area contributed by atoms with Gasteiger partial charge in [-0.1, -0.05) is 6.07 Å². The zero-order valence-electron chi connectivity index (χ0n) is 9.61. The van der Waals surface area contributed by atoms with E-state index in [2.05, 4.69) is 0 Å². The predicted molar refractivity (Wildman–Crippen MR) is 66.5 cm³/mol. The third-order valence-corrected chi connectivity index (χ3v) is 5.06. The molecule has 0 fully saturated rings. The summed E-state index contributed by atoms with van der Waals surface area (Å²) in [6.07, 6.45) is -4.89. The van der Waals surface area contributed by atoms with E-state index in [-0.39, 0.29) is 9.90 Å². The fourth-order valence-corrected chi connectivity index (χ4v) is 3.47. The molecule has 2 aromatic rings. The van der Waals surface area contributed by atoms with Crippen LogP contribution in [0.5, 0.6) is 0 Å². The molecule has 3 nitrogen and oxygen atoms in total. The number of rotatable bonds is 3. The fraction of sp³-hybridized carbons (Fsp3) is 0.0909. The van der Waals surface area contributed by atoms with E-state index in [4.69, 9.17) is 0 Å². The van der Waals surface area contributed by atoms with Gasteiger partial charge < -0.3 is 0 Å². The van der Waals surface area contributed by atoms with Crippen molar-refractivity contribution in [1.82, 2.24) is 0 Å². The largest absolute Gasteiger partial charge is 0.419 e. The van der Waals surface area contributed by atoms with Gasteiger partial charge in [0.1, 0.15) is 10.0 Å². The second kappa shape index (κ2) is 5.06. The molecule has 1 aromatic heterocycles. The number of hydrogen-bond donors (Lipinski definition) is 1. The Morgan fingerprint density at radius 3 is 2.40 bits per heavy atom. The number of thiophene rings is 1. The topological polar surface area (TPSA) is 46.2 Å². The average Bonchev–Trinajstić information content (AvgIpc) is 2.84. The molecule has 9 heteroatoms. The molecule has 1 aromatic carbocycles. The second-order valence-corrected chi connectivity index (χ2v) is 6.59. The summed E-state index contributed by atoms with van der Waals surface area (Å²) in [5.74, 6) is -1.46. The summed E-state index contributed by atoms with van der Waals surface area (Å²) in [4.78, 5) is 0. The molecule has 1 heterocycles. The summed E-state index contributed by atoms with van der Waals surface area (Å²) >= 11 is 0.915. The normalized spacial score (nSPS) is 12.4. The van der Waals surface area contributed by atoms with Crippen LogP contribution >= 0.6 is 11.3 Å². The Balaban J connectivity index is 2.36. The average molecular weight is 325 g/mol. The maximum Gasteiger partial charge on any atom is 0.419 e. The number of nitrogens with one attached hydrogen (secondary N) is 1. The standard InChI is InChI=1S/C11H7F4NO2S2/c12-9-4-3-7(6-8(9)11(13,14)15)16-20(17,18)10-2-1-5-19-10/h1-6,16H. The highest BCUT2D eigenvalue weighted by atomic mass is 32.2. The van der Waals surface area contributed by atoms with E-state index in [0.29, 0.717) is 12.1 Å². The van der Waals surface area contributed by atoms with Crippen molar-refractivity contribution in [3.63, 3.8) is 0 Å². The Labute approximate surface area is 115 Å². The number of anilines is 1. The lowest BCUT2D eigenvalue weighted by atomic mass is 10.2. The van der Waals surface area contributed by atoms with E-state index in [1.54, 1.807) is 0 Å². The molecule has 0 aliphatic heterocycles. The van der Waals surface area contributed by atoms with Gasteiger partial charge in [0.25, 0.3) is 10.0 Å². The van der Waals surface area contributed by atoms with Gasteiger partial charge in [0, 0.05) is 5.69 Å². The van der Waals surface area contributed by atoms with Gasteiger partial charge in [0.05, 0.1) is 5.56 Å². The Bertz CT molecular complexity index is 709. The highest BCUT2D eigenvalue weighted by molar-refractivity contribution is 7.94. The zero-order chi connectivity index (χ0) is 15.0. The van der Waals surface area contributed by atoms with Gasteiger partial charge in [-0.25, -0.2) is 12.8 Å². The molecule has 108 valence electrons. The molecule has 0 radical (unpaired) electrons. The zero-order valence-corrected chi connectivity index (χ0v) is 11.2. The predicted octanol–water partition coefficient (Wildman–Crippen LogP) is 3.71. The van der Waals surface area contributed by atoms with Crippen molar-refractivity contribution in [3.8, 4) is 0 Å². The van der Waals surface area contributed by atoms with E-state index < -0.39 is 27.6 Å². The number of halogens is 4. The number of benzene rings is 1. The second-order valence-electron chi connectivity index (χ2n) is 3.73. The molecule has 2 rings (SSSR count). The van der Waals surface area contributed by atoms with Gasteiger partial charge in [-0.05, 0) is 29.6 Å². The lowest BCUT2D eigenvalue weighted by Gasteiger charge is -2.11. The van der Waals surface area contributed by atoms with Crippen LogP contribution in [0, 0.1) is 5.82 Å². The van der Waals surface area contributed by atoms with Crippen LogP contribution in [0.1, 0.15) is 5.56 Å². The first-order chi connectivity index (χ1) is 9.20. The van der Waals surface area contributed by atoms with Crippen LogP contribution in [-0.4, -0.2) is 8.42 Å². The van der Waals surface area contributed by atoms with Crippen LogP contribution in [0.3, 0.4) is 0 Å². The van der Waals surface area contributed by atoms with E-state index >= 15 is 0 Å². The first-order valence-electron chi connectivity index (χ1n) is 5.13. The number of sulfonamides is 1. The molecular formula is C11H7F4NO2S2. The van der Waals surface area contributed by atoms with Crippen LogP contribution in [0.25, 0.3) is 0 Å². The minimum absolute atomic E-state index is 0.0459. The highest BCUT2D eigenvalue weighted by Gasteiger charge is 2.34. The Morgan fingerprint density at radius 2 is 1.85 bits per heavy atom. The van der Waals surface area contributed by atoms with Crippen molar-refractivity contribution in [3.05, 3.63) is 47.1 Å². The highest BCUT2D eigenvalue weighted by Crippen LogP contribution is 2.33. The Kier molecular flexibility index (Phi) is 3.74. The quantitative estimate of drug-likeness (QED) is 0.875. The maximum absolute atomic E-state index is 13.1. The molecule has 1 N–H and O–H groups in total. The van der Waals surface area contributed by atoms with Crippen molar-refractivity contribution < 1.29 is 26.0 Å². The number of hydrogen-bond acceptors (Lipinski definition) is 3. The van der Waals surface area contributed by atoms with Crippen LogP contribution in [0.4, 0.5) is 23.2 Å². The molecule has 0 spiro atoms. The Hall–Kier alpha value is -1.61. The lowest BCUT2D eigenvalue weighted by Crippen LogP contribution is -2.14. The van der Waals surface area contributed by atoms with Crippen molar-refractivity contribution in [2.24, 2.45) is 0 Å². The fourth-order valence-electron chi connectivity index (χ4n) is 1.43. The molecule has 0 unspecified atom stereocenters. The molecule has 0 saturated heterocycles. The molecule has 0 saturated carbocycles. The first kappa shape index (κ1) is 14.8. The molecule has 20 heavy (non-hydrogen) atoms. The molecule has 0 aliphatic rings. The van der Waals surface area contributed by atoms with E-state index in [9.17, 15) is 26.0 Å². The Morgan fingerprint density at radius 1 is 1.15 bits per heavy atom. The van der Waals surface area contributed by atoms with Gasteiger partial charge in [-0.2, -0.15) is 13.2 Å². The lowest BCUT2D eigenvalue weighted by molar-refractivity contribution is -0.139. The van der Waals surface area contributed by atoms with Gasteiger partial charge in [0.15, 0.2) is 0 Å². The molecular weight excluding hydrogens is 318 g/mol. The summed E-state index contributed by atoms with van der Waals surface area (Å²) in [6.45, 7) is 0.